The predicted molar refractivity (Wildman–Crippen MR) is 59.9 cm³/mol. The lowest BCUT2D eigenvalue weighted by molar-refractivity contribution is 0.0395. The first kappa shape index (κ1) is 11.0. The third-order valence-corrected chi connectivity index (χ3v) is 2.32. The molecule has 2 aliphatic rings. The largest absolute Gasteiger partial charge is 0.443 e. The predicted octanol–water partition coefficient (Wildman–Crippen LogP) is 1.32. The van der Waals surface area contributed by atoms with Gasteiger partial charge in [-0.25, -0.2) is 10.2 Å². The molecule has 0 aromatic rings. The van der Waals surface area contributed by atoms with Gasteiger partial charge >= 0.3 is 6.09 Å². The van der Waals surface area contributed by atoms with Crippen molar-refractivity contribution in [3.63, 3.8) is 0 Å². The van der Waals surface area contributed by atoms with Gasteiger partial charge in [-0.2, -0.15) is 0 Å². The Bertz CT molecular complexity index is 355. The number of rotatable bonds is 0. The van der Waals surface area contributed by atoms with E-state index in [1.54, 1.807) is 12.4 Å². The van der Waals surface area contributed by atoms with Crippen molar-refractivity contribution in [3.05, 3.63) is 24.2 Å². The molecule has 2 rings (SSSR count). The molecule has 0 spiro atoms. The molecule has 0 bridgehead atoms. The zero-order valence-corrected chi connectivity index (χ0v) is 9.78. The van der Waals surface area contributed by atoms with E-state index in [1.165, 1.54) is 4.90 Å². The van der Waals surface area contributed by atoms with Crippen LogP contribution in [0.3, 0.4) is 0 Å². The highest BCUT2D eigenvalue weighted by molar-refractivity contribution is 5.71. The highest BCUT2D eigenvalue weighted by Gasteiger charge is 2.26. The van der Waals surface area contributed by atoms with Gasteiger partial charge in [0.2, 0.25) is 0 Å². The molecule has 88 valence electrons. The Balaban J connectivity index is 2.04. The number of nitrogens with zero attached hydrogens (tertiary/aromatic N) is 1. The van der Waals surface area contributed by atoms with Crippen LogP contribution >= 0.6 is 0 Å². The van der Waals surface area contributed by atoms with Gasteiger partial charge in [0.15, 0.2) is 0 Å². The van der Waals surface area contributed by atoms with E-state index in [1.807, 2.05) is 26.8 Å². The average molecular weight is 223 g/mol. The third kappa shape index (κ3) is 2.36. The Morgan fingerprint density at radius 2 is 2.31 bits per heavy atom. The minimum absolute atomic E-state index is 0.332. The van der Waals surface area contributed by atoms with Crippen LogP contribution in [0.2, 0.25) is 0 Å². The number of nitrogens with one attached hydrogen (secondary N) is 2. The van der Waals surface area contributed by atoms with Gasteiger partial charge in [-0.3, -0.25) is 4.90 Å². The van der Waals surface area contributed by atoms with Crippen molar-refractivity contribution in [2.75, 3.05) is 6.54 Å². The summed E-state index contributed by atoms with van der Waals surface area (Å²) in [7, 11) is 0. The fraction of sp³-hybridized carbons (Fsp3) is 0.545. The van der Waals surface area contributed by atoms with Gasteiger partial charge < -0.3 is 10.2 Å². The average Bonchev–Trinajstić information content (AvgIpc) is 2.61. The fourth-order valence-corrected chi connectivity index (χ4v) is 1.58. The molecule has 0 aromatic heterocycles. The molecule has 1 saturated heterocycles. The molecule has 5 nitrogen and oxygen atoms in total. The molecule has 0 saturated carbocycles. The lowest BCUT2D eigenvalue weighted by atomic mass is 10.1. The second-order valence-electron chi connectivity index (χ2n) is 4.93. The van der Waals surface area contributed by atoms with E-state index in [0.717, 1.165) is 12.2 Å². The van der Waals surface area contributed by atoms with Gasteiger partial charge in [0, 0.05) is 24.9 Å². The Labute approximate surface area is 95.1 Å². The van der Waals surface area contributed by atoms with Crippen molar-refractivity contribution in [3.8, 4) is 0 Å². The van der Waals surface area contributed by atoms with Crippen LogP contribution in [0.1, 0.15) is 20.8 Å². The molecule has 1 fully saturated rings. The van der Waals surface area contributed by atoms with E-state index in [-0.39, 0.29) is 6.09 Å². The van der Waals surface area contributed by atoms with Crippen molar-refractivity contribution in [2.24, 2.45) is 5.92 Å². The van der Waals surface area contributed by atoms with Crippen molar-refractivity contribution in [2.45, 2.75) is 26.4 Å². The Morgan fingerprint density at radius 3 is 3.00 bits per heavy atom. The normalized spacial score (nSPS) is 23.6. The molecule has 2 heterocycles. The van der Waals surface area contributed by atoms with Crippen LogP contribution < -0.4 is 10.9 Å². The number of fused-ring (bicyclic) bond motifs is 1. The molecule has 0 aliphatic carbocycles. The molecule has 1 unspecified atom stereocenters. The van der Waals surface area contributed by atoms with Crippen LogP contribution in [0, 0.1) is 5.92 Å². The first-order valence-corrected chi connectivity index (χ1v) is 5.36. The molecule has 0 radical (unpaired) electrons. The third-order valence-electron chi connectivity index (χ3n) is 2.32. The summed E-state index contributed by atoms with van der Waals surface area (Å²) in [5.41, 5.74) is 6.56. The number of hydrogen-bond acceptors (Lipinski definition) is 4. The van der Waals surface area contributed by atoms with Crippen LogP contribution in [0.25, 0.3) is 0 Å². The monoisotopic (exact) mass is 223 g/mol. The summed E-state index contributed by atoms with van der Waals surface area (Å²) in [6, 6.07) is 0. The second kappa shape index (κ2) is 3.83. The number of carbonyl (C=O) groups is 1. The molecule has 1 atom stereocenters. The quantitative estimate of drug-likeness (QED) is 0.650. The highest BCUT2D eigenvalue weighted by Crippen LogP contribution is 2.21. The molecule has 2 aliphatic heterocycles. The van der Waals surface area contributed by atoms with Crippen molar-refractivity contribution in [1.29, 1.82) is 0 Å². The SMILES string of the molecule is CC(C)(C)OC(=O)N1C=CC2CNNC2=C1. The maximum atomic E-state index is 11.8. The summed E-state index contributed by atoms with van der Waals surface area (Å²) >= 11 is 0. The molecule has 5 heteroatoms. The molecule has 1 amide bonds. The first-order chi connectivity index (χ1) is 7.46. The van der Waals surface area contributed by atoms with Gasteiger partial charge in [-0.1, -0.05) is 6.08 Å². The van der Waals surface area contributed by atoms with E-state index in [0.29, 0.717) is 5.92 Å². The van der Waals surface area contributed by atoms with E-state index in [9.17, 15) is 4.79 Å². The Hall–Kier alpha value is -1.49. The zero-order valence-electron chi connectivity index (χ0n) is 9.78. The summed E-state index contributed by atoms with van der Waals surface area (Å²) in [5.74, 6) is 0.332. The minimum atomic E-state index is -0.471. The van der Waals surface area contributed by atoms with Crippen LogP contribution in [-0.2, 0) is 4.74 Å². The van der Waals surface area contributed by atoms with Crippen molar-refractivity contribution < 1.29 is 9.53 Å². The second-order valence-corrected chi connectivity index (χ2v) is 4.93. The number of hydrogen-bond donors (Lipinski definition) is 2. The molecular weight excluding hydrogens is 206 g/mol. The maximum Gasteiger partial charge on any atom is 0.418 e. The maximum absolute atomic E-state index is 11.8. The van der Waals surface area contributed by atoms with Crippen LogP contribution in [0.5, 0.6) is 0 Å². The molecule has 16 heavy (non-hydrogen) atoms. The van der Waals surface area contributed by atoms with Crippen LogP contribution in [0.15, 0.2) is 24.2 Å². The first-order valence-electron chi connectivity index (χ1n) is 5.36. The summed E-state index contributed by atoms with van der Waals surface area (Å²) in [4.78, 5) is 13.2. The number of amides is 1. The summed E-state index contributed by atoms with van der Waals surface area (Å²) < 4.78 is 5.27. The Morgan fingerprint density at radius 1 is 1.56 bits per heavy atom. The van der Waals surface area contributed by atoms with Gasteiger partial charge in [-0.05, 0) is 20.8 Å². The van der Waals surface area contributed by atoms with Gasteiger partial charge in [0.05, 0.1) is 5.70 Å². The number of carbonyl (C=O) groups excluding carboxylic acids is 1. The molecule has 2 N–H and O–H groups in total. The standard InChI is InChI=1S/C11H17N3O2/c1-11(2,3)16-10(15)14-5-4-8-6-12-13-9(8)7-14/h4-5,7-8,12-13H,6H2,1-3H3. The zero-order chi connectivity index (χ0) is 11.8. The fourth-order valence-electron chi connectivity index (χ4n) is 1.58. The van der Waals surface area contributed by atoms with E-state index >= 15 is 0 Å². The topological polar surface area (TPSA) is 53.6 Å². The summed E-state index contributed by atoms with van der Waals surface area (Å²) in [6.45, 7) is 6.40. The van der Waals surface area contributed by atoms with Crippen LogP contribution in [-0.4, -0.2) is 23.1 Å². The number of ether oxygens (including phenoxy) is 1. The summed E-state index contributed by atoms with van der Waals surface area (Å²) in [5, 5.41) is 0. The van der Waals surface area contributed by atoms with Gasteiger partial charge in [0.25, 0.3) is 0 Å². The van der Waals surface area contributed by atoms with Gasteiger partial charge in [-0.15, -0.1) is 0 Å². The smallest absolute Gasteiger partial charge is 0.418 e. The Kier molecular flexibility index (Phi) is 2.63. The lowest BCUT2D eigenvalue weighted by Gasteiger charge is -2.25. The van der Waals surface area contributed by atoms with Crippen molar-refractivity contribution >= 4 is 6.09 Å². The molecule has 0 aromatic carbocycles. The van der Waals surface area contributed by atoms with Gasteiger partial charge in [0.1, 0.15) is 5.60 Å². The minimum Gasteiger partial charge on any atom is -0.443 e. The van der Waals surface area contributed by atoms with E-state index < -0.39 is 5.60 Å². The van der Waals surface area contributed by atoms with E-state index in [2.05, 4.69) is 10.9 Å². The highest BCUT2D eigenvalue weighted by atomic mass is 16.6. The molecular formula is C11H17N3O2. The van der Waals surface area contributed by atoms with Crippen LogP contribution in [0.4, 0.5) is 4.79 Å². The number of hydrazine groups is 1. The lowest BCUT2D eigenvalue weighted by Crippen LogP contribution is -2.33. The van der Waals surface area contributed by atoms with Crippen molar-refractivity contribution in [1.82, 2.24) is 15.8 Å². The van der Waals surface area contributed by atoms with E-state index in [4.69, 9.17) is 4.74 Å². The summed E-state index contributed by atoms with van der Waals surface area (Å²) in [6.07, 6.45) is 5.13.